The second-order valence-corrected chi connectivity index (χ2v) is 4.06. The third-order valence-corrected chi connectivity index (χ3v) is 2.72. The van der Waals surface area contributed by atoms with Gasteiger partial charge in [-0.3, -0.25) is 4.99 Å². The maximum Gasteiger partial charge on any atom is 0.194 e. The highest BCUT2D eigenvalue weighted by Gasteiger charge is 2.11. The Bertz CT molecular complexity index is 403. The van der Waals surface area contributed by atoms with Crippen LogP contribution in [0.2, 0.25) is 0 Å². The summed E-state index contributed by atoms with van der Waals surface area (Å²) in [6.07, 6.45) is 0. The summed E-state index contributed by atoms with van der Waals surface area (Å²) < 4.78 is 5.47. The van der Waals surface area contributed by atoms with Crippen molar-refractivity contribution in [1.82, 2.24) is 10.2 Å². The molecule has 1 heterocycles. The van der Waals surface area contributed by atoms with Gasteiger partial charge in [-0.25, -0.2) is 0 Å². The molecule has 1 N–H and O–H groups in total. The summed E-state index contributed by atoms with van der Waals surface area (Å²) in [5.41, 5.74) is 1.21. The first kappa shape index (κ1) is 11.8. The van der Waals surface area contributed by atoms with Crippen molar-refractivity contribution < 1.29 is 4.74 Å². The van der Waals surface area contributed by atoms with Crippen LogP contribution < -0.4 is 10.1 Å². The smallest absolute Gasteiger partial charge is 0.194 e. The van der Waals surface area contributed by atoms with Crippen LogP contribution in [0.1, 0.15) is 12.5 Å². The fourth-order valence-corrected chi connectivity index (χ4v) is 1.82. The number of nitrogens with zero attached hydrogens (tertiary/aromatic N) is 2. The Morgan fingerprint density at radius 2 is 2.35 bits per heavy atom. The molecule has 2 rings (SSSR count). The fourth-order valence-electron chi connectivity index (χ4n) is 1.82. The van der Waals surface area contributed by atoms with E-state index < -0.39 is 0 Å². The van der Waals surface area contributed by atoms with E-state index in [0.717, 1.165) is 31.3 Å². The van der Waals surface area contributed by atoms with Crippen LogP contribution >= 0.6 is 0 Å². The fraction of sp³-hybridized carbons (Fsp3) is 0.462. The molecule has 0 spiro atoms. The molecule has 0 bridgehead atoms. The molecule has 0 amide bonds. The number of nitrogens with one attached hydrogen (secondary N) is 1. The Kier molecular flexibility index (Phi) is 3.85. The average Bonchev–Trinajstić information content (AvgIpc) is 2.73. The predicted octanol–water partition coefficient (Wildman–Crippen LogP) is 1.48. The van der Waals surface area contributed by atoms with Crippen LogP contribution in [-0.4, -0.2) is 37.6 Å². The first-order valence-electron chi connectivity index (χ1n) is 6.01. The van der Waals surface area contributed by atoms with E-state index in [2.05, 4.69) is 34.4 Å². The molecule has 4 heteroatoms. The first-order valence-corrected chi connectivity index (χ1v) is 6.01. The lowest BCUT2D eigenvalue weighted by Crippen LogP contribution is -2.35. The molecule has 0 fully saturated rings. The third-order valence-electron chi connectivity index (χ3n) is 2.72. The monoisotopic (exact) mass is 233 g/mol. The highest BCUT2D eigenvalue weighted by Crippen LogP contribution is 2.13. The minimum absolute atomic E-state index is 0.701. The molecule has 0 saturated carbocycles. The molecule has 0 unspecified atom stereocenters. The molecule has 1 aromatic carbocycles. The van der Waals surface area contributed by atoms with E-state index in [0.29, 0.717) is 6.61 Å². The Morgan fingerprint density at radius 3 is 3.06 bits per heavy atom. The lowest BCUT2D eigenvalue weighted by Gasteiger charge is -2.15. The number of likely N-dealkylation sites (N-methyl/N-ethyl adjacent to an activating group) is 1. The van der Waals surface area contributed by atoms with Crippen LogP contribution in [0, 0.1) is 0 Å². The van der Waals surface area contributed by atoms with Crippen LogP contribution in [0.5, 0.6) is 5.75 Å². The van der Waals surface area contributed by atoms with Gasteiger partial charge in [-0.2, -0.15) is 0 Å². The number of rotatable bonds is 4. The van der Waals surface area contributed by atoms with Gasteiger partial charge in [0.1, 0.15) is 5.75 Å². The maximum absolute atomic E-state index is 5.47. The van der Waals surface area contributed by atoms with Crippen molar-refractivity contribution in [2.24, 2.45) is 4.99 Å². The first-order chi connectivity index (χ1) is 8.29. The van der Waals surface area contributed by atoms with Crippen molar-refractivity contribution in [1.29, 1.82) is 0 Å². The standard InChI is InChI=1S/C13H19N3O/c1-3-17-12-6-4-5-11(9-12)10-15-13-14-7-8-16(13)2/h4-6,9H,3,7-8,10H2,1-2H3,(H,14,15). The molecule has 0 atom stereocenters. The zero-order valence-electron chi connectivity index (χ0n) is 10.4. The number of aliphatic imine (C=N–C) groups is 1. The van der Waals surface area contributed by atoms with Crippen LogP contribution in [0.15, 0.2) is 29.3 Å². The topological polar surface area (TPSA) is 36.9 Å². The maximum atomic E-state index is 5.47. The van der Waals surface area contributed by atoms with Crippen molar-refractivity contribution in [2.75, 3.05) is 26.7 Å². The Balaban J connectivity index is 1.92. The van der Waals surface area contributed by atoms with Crippen molar-refractivity contribution in [3.63, 3.8) is 0 Å². The minimum atomic E-state index is 0.701. The van der Waals surface area contributed by atoms with Crippen molar-refractivity contribution >= 4 is 5.96 Å². The zero-order chi connectivity index (χ0) is 12.1. The second kappa shape index (κ2) is 5.57. The number of ether oxygens (including phenoxy) is 1. The summed E-state index contributed by atoms with van der Waals surface area (Å²) in [4.78, 5) is 6.52. The molecule has 1 aliphatic rings. The summed E-state index contributed by atoms with van der Waals surface area (Å²) in [6.45, 7) is 5.36. The Labute approximate surface area is 102 Å². The highest BCUT2D eigenvalue weighted by atomic mass is 16.5. The predicted molar refractivity (Wildman–Crippen MR) is 69.4 cm³/mol. The van der Waals surface area contributed by atoms with Gasteiger partial charge in [0.05, 0.1) is 13.2 Å². The van der Waals surface area contributed by atoms with E-state index in [4.69, 9.17) is 4.74 Å². The zero-order valence-corrected chi connectivity index (χ0v) is 10.4. The molecule has 0 saturated heterocycles. The van der Waals surface area contributed by atoms with Crippen LogP contribution in [0.4, 0.5) is 0 Å². The minimum Gasteiger partial charge on any atom is -0.494 e. The Morgan fingerprint density at radius 1 is 1.47 bits per heavy atom. The van der Waals surface area contributed by atoms with Gasteiger partial charge in [0.2, 0.25) is 0 Å². The molecule has 0 radical (unpaired) electrons. The molecule has 0 aromatic heterocycles. The van der Waals surface area contributed by atoms with Crippen molar-refractivity contribution in [3.8, 4) is 5.75 Å². The molecule has 0 aliphatic carbocycles. The van der Waals surface area contributed by atoms with Gasteiger partial charge in [0.15, 0.2) is 5.96 Å². The quantitative estimate of drug-likeness (QED) is 0.855. The summed E-state index contributed by atoms with van der Waals surface area (Å²) in [7, 11) is 2.05. The summed E-state index contributed by atoms with van der Waals surface area (Å²) in [5.74, 6) is 1.90. The largest absolute Gasteiger partial charge is 0.494 e. The van der Waals surface area contributed by atoms with E-state index in [1.165, 1.54) is 5.56 Å². The van der Waals surface area contributed by atoms with Crippen molar-refractivity contribution in [2.45, 2.75) is 13.5 Å². The molecule has 17 heavy (non-hydrogen) atoms. The van der Waals surface area contributed by atoms with E-state index in [-0.39, 0.29) is 0 Å². The third kappa shape index (κ3) is 3.12. The van der Waals surface area contributed by atoms with Gasteiger partial charge < -0.3 is 15.0 Å². The number of guanidine groups is 1. The van der Waals surface area contributed by atoms with Crippen molar-refractivity contribution in [3.05, 3.63) is 29.8 Å². The van der Waals surface area contributed by atoms with Crippen LogP contribution in [0.3, 0.4) is 0 Å². The number of hydrogen-bond donors (Lipinski definition) is 1. The summed E-state index contributed by atoms with van der Waals surface area (Å²) in [6, 6.07) is 8.14. The lowest BCUT2D eigenvalue weighted by molar-refractivity contribution is 0.340. The van der Waals surface area contributed by atoms with Gasteiger partial charge in [0, 0.05) is 20.1 Å². The molecule has 1 aromatic rings. The number of benzene rings is 1. The Hall–Kier alpha value is -1.71. The molecule has 1 aliphatic heterocycles. The average molecular weight is 233 g/mol. The SMILES string of the molecule is CCOc1cccc(CNC2=NCCN2C)c1. The summed E-state index contributed by atoms with van der Waals surface area (Å²) in [5, 5.41) is 3.34. The van der Waals surface area contributed by atoms with Gasteiger partial charge >= 0.3 is 0 Å². The highest BCUT2D eigenvalue weighted by molar-refractivity contribution is 5.81. The van der Waals surface area contributed by atoms with Crippen LogP contribution in [-0.2, 0) is 6.54 Å². The molecule has 92 valence electrons. The normalized spacial score (nSPS) is 14.7. The summed E-state index contributed by atoms with van der Waals surface area (Å²) >= 11 is 0. The van der Waals surface area contributed by atoms with Gasteiger partial charge in [0.25, 0.3) is 0 Å². The van der Waals surface area contributed by atoms with E-state index >= 15 is 0 Å². The molecular weight excluding hydrogens is 214 g/mol. The second-order valence-electron chi connectivity index (χ2n) is 4.06. The van der Waals surface area contributed by atoms with E-state index in [9.17, 15) is 0 Å². The molecule has 4 nitrogen and oxygen atoms in total. The van der Waals surface area contributed by atoms with Crippen LogP contribution in [0.25, 0.3) is 0 Å². The van der Waals surface area contributed by atoms with Gasteiger partial charge in [-0.05, 0) is 24.6 Å². The molecular formula is C13H19N3O. The lowest BCUT2D eigenvalue weighted by atomic mass is 10.2. The number of hydrogen-bond acceptors (Lipinski definition) is 4. The van der Waals surface area contributed by atoms with E-state index in [1.807, 2.05) is 19.1 Å². The van der Waals surface area contributed by atoms with E-state index in [1.54, 1.807) is 0 Å². The van der Waals surface area contributed by atoms with Gasteiger partial charge in [-0.15, -0.1) is 0 Å². The van der Waals surface area contributed by atoms with Gasteiger partial charge in [-0.1, -0.05) is 12.1 Å².